The van der Waals surface area contributed by atoms with Gasteiger partial charge in [-0.1, -0.05) is 35.5 Å². The topological polar surface area (TPSA) is 56.1 Å². The summed E-state index contributed by atoms with van der Waals surface area (Å²) in [6, 6.07) is 17.7. The second-order valence-electron chi connectivity index (χ2n) is 6.95. The summed E-state index contributed by atoms with van der Waals surface area (Å²) in [5, 5.41) is 3.04. The minimum atomic E-state index is -4.54. The average Bonchev–Trinajstić information content (AvgIpc) is 3.17. The summed E-state index contributed by atoms with van der Waals surface area (Å²) < 4.78 is 46.1. The lowest BCUT2D eigenvalue weighted by Crippen LogP contribution is -2.16. The molecule has 10 heteroatoms. The van der Waals surface area contributed by atoms with Crippen LogP contribution in [0.1, 0.15) is 5.56 Å². The standard InChI is InChI=1S/C23H17ClF3N3O2S/c1-32-16-9-7-15(8-10-16)30-20-5-3-2-4-18(20)29-22(30)33-13-21(31)28-19-12-14(23(25,26)27)6-11-17(19)24/h2-12H,13H2,1H3,(H,28,31). The Bertz CT molecular complexity index is 1310. The number of imidazole rings is 1. The zero-order chi connectivity index (χ0) is 23.6. The smallest absolute Gasteiger partial charge is 0.416 e. The summed E-state index contributed by atoms with van der Waals surface area (Å²) in [6.07, 6.45) is -4.54. The maximum absolute atomic E-state index is 13.0. The van der Waals surface area contributed by atoms with Crippen LogP contribution in [0.2, 0.25) is 5.02 Å². The molecular weight excluding hydrogens is 475 g/mol. The molecule has 0 saturated heterocycles. The summed E-state index contributed by atoms with van der Waals surface area (Å²) in [7, 11) is 1.58. The quantitative estimate of drug-likeness (QED) is 0.315. The second kappa shape index (κ2) is 9.36. The first-order valence-corrected chi connectivity index (χ1v) is 11.0. The Morgan fingerprint density at radius 1 is 1.12 bits per heavy atom. The Labute approximate surface area is 196 Å². The number of amides is 1. The molecule has 4 aromatic rings. The number of nitrogens with one attached hydrogen (secondary N) is 1. The van der Waals surface area contributed by atoms with E-state index >= 15 is 0 Å². The normalized spacial score (nSPS) is 11.5. The maximum atomic E-state index is 13.0. The Hall–Kier alpha value is -3.17. The number of aromatic nitrogens is 2. The van der Waals surface area contributed by atoms with Gasteiger partial charge in [0.2, 0.25) is 5.91 Å². The van der Waals surface area contributed by atoms with Crippen molar-refractivity contribution in [2.75, 3.05) is 18.2 Å². The van der Waals surface area contributed by atoms with Gasteiger partial charge in [-0.05, 0) is 54.6 Å². The van der Waals surface area contributed by atoms with Crippen molar-refractivity contribution in [1.82, 2.24) is 9.55 Å². The highest BCUT2D eigenvalue weighted by Crippen LogP contribution is 2.34. The number of alkyl halides is 3. The largest absolute Gasteiger partial charge is 0.497 e. The summed E-state index contributed by atoms with van der Waals surface area (Å²) in [5.74, 6) is 0.121. The van der Waals surface area contributed by atoms with E-state index in [4.69, 9.17) is 16.3 Å². The second-order valence-corrected chi connectivity index (χ2v) is 8.30. The molecule has 1 N–H and O–H groups in total. The zero-order valence-corrected chi connectivity index (χ0v) is 18.8. The van der Waals surface area contributed by atoms with Gasteiger partial charge in [-0.15, -0.1) is 0 Å². The minimum Gasteiger partial charge on any atom is -0.497 e. The molecule has 0 fully saturated rings. The van der Waals surface area contributed by atoms with Crippen molar-refractivity contribution in [2.45, 2.75) is 11.3 Å². The van der Waals surface area contributed by atoms with Crippen LogP contribution in [0.5, 0.6) is 5.75 Å². The molecule has 3 aromatic carbocycles. The van der Waals surface area contributed by atoms with Crippen molar-refractivity contribution in [3.05, 3.63) is 77.3 Å². The van der Waals surface area contributed by atoms with Gasteiger partial charge >= 0.3 is 6.18 Å². The van der Waals surface area contributed by atoms with Gasteiger partial charge in [-0.25, -0.2) is 4.98 Å². The molecule has 0 radical (unpaired) electrons. The number of nitrogens with zero attached hydrogens (tertiary/aromatic N) is 2. The van der Waals surface area contributed by atoms with E-state index in [2.05, 4.69) is 10.3 Å². The number of fused-ring (bicyclic) bond motifs is 1. The highest BCUT2D eigenvalue weighted by molar-refractivity contribution is 7.99. The Kier molecular flexibility index (Phi) is 6.53. The summed E-state index contributed by atoms with van der Waals surface area (Å²) in [5.41, 5.74) is 1.44. The average molecular weight is 492 g/mol. The first-order valence-electron chi connectivity index (χ1n) is 9.67. The number of hydrogen-bond donors (Lipinski definition) is 1. The SMILES string of the molecule is COc1ccc(-n2c(SCC(=O)Nc3cc(C(F)(F)F)ccc3Cl)nc3ccccc32)cc1. The lowest BCUT2D eigenvalue weighted by atomic mass is 10.2. The summed E-state index contributed by atoms with van der Waals surface area (Å²) >= 11 is 7.14. The van der Waals surface area contributed by atoms with Crippen molar-refractivity contribution < 1.29 is 22.7 Å². The summed E-state index contributed by atoms with van der Waals surface area (Å²) in [6.45, 7) is 0. The number of methoxy groups -OCH3 is 1. The van der Waals surface area contributed by atoms with Crippen LogP contribution in [-0.4, -0.2) is 28.3 Å². The van der Waals surface area contributed by atoms with E-state index in [-0.39, 0.29) is 16.5 Å². The number of halogens is 4. The predicted molar refractivity (Wildman–Crippen MR) is 123 cm³/mol. The predicted octanol–water partition coefficient (Wildman–Crippen LogP) is 6.44. The molecule has 1 aromatic heterocycles. The van der Waals surface area contributed by atoms with Crippen LogP contribution >= 0.6 is 23.4 Å². The van der Waals surface area contributed by atoms with E-state index < -0.39 is 17.6 Å². The van der Waals surface area contributed by atoms with Gasteiger partial charge in [0.25, 0.3) is 0 Å². The first-order chi connectivity index (χ1) is 15.8. The fourth-order valence-electron chi connectivity index (χ4n) is 3.20. The lowest BCUT2D eigenvalue weighted by Gasteiger charge is -2.12. The molecule has 1 heterocycles. The zero-order valence-electron chi connectivity index (χ0n) is 17.2. The molecule has 0 aliphatic carbocycles. The minimum absolute atomic E-state index is 0.0202. The third-order valence-corrected chi connectivity index (χ3v) is 6.03. The summed E-state index contributed by atoms with van der Waals surface area (Å²) in [4.78, 5) is 17.1. The van der Waals surface area contributed by atoms with Crippen LogP contribution in [0.4, 0.5) is 18.9 Å². The van der Waals surface area contributed by atoms with Crippen molar-refractivity contribution >= 4 is 46.0 Å². The molecule has 0 aliphatic rings. The molecule has 0 unspecified atom stereocenters. The maximum Gasteiger partial charge on any atom is 0.416 e. The van der Waals surface area contributed by atoms with Gasteiger partial charge in [-0.2, -0.15) is 13.2 Å². The van der Waals surface area contributed by atoms with Gasteiger partial charge in [-0.3, -0.25) is 9.36 Å². The monoisotopic (exact) mass is 491 g/mol. The number of hydrogen-bond acceptors (Lipinski definition) is 4. The first kappa shape index (κ1) is 23.0. The molecule has 4 rings (SSSR count). The number of rotatable bonds is 6. The number of benzene rings is 3. The fourth-order valence-corrected chi connectivity index (χ4v) is 4.19. The van der Waals surface area contributed by atoms with E-state index in [9.17, 15) is 18.0 Å². The van der Waals surface area contributed by atoms with Crippen molar-refractivity contribution in [3.8, 4) is 11.4 Å². The molecule has 1 amide bonds. The highest BCUT2D eigenvalue weighted by Gasteiger charge is 2.31. The molecule has 0 atom stereocenters. The number of carbonyl (C=O) groups is 1. The van der Waals surface area contributed by atoms with Crippen LogP contribution in [0, 0.1) is 0 Å². The van der Waals surface area contributed by atoms with Crippen molar-refractivity contribution in [3.63, 3.8) is 0 Å². The van der Waals surface area contributed by atoms with Crippen LogP contribution in [0.25, 0.3) is 16.7 Å². The molecule has 33 heavy (non-hydrogen) atoms. The molecule has 170 valence electrons. The van der Waals surface area contributed by atoms with E-state index in [1.165, 1.54) is 0 Å². The molecule has 5 nitrogen and oxygen atoms in total. The number of para-hydroxylation sites is 2. The number of anilines is 1. The van der Waals surface area contributed by atoms with Gasteiger partial charge in [0.15, 0.2) is 5.16 Å². The molecule has 0 bridgehead atoms. The molecule has 0 aliphatic heterocycles. The van der Waals surface area contributed by atoms with Gasteiger partial charge < -0.3 is 10.1 Å². The van der Waals surface area contributed by atoms with Gasteiger partial charge in [0, 0.05) is 5.69 Å². The van der Waals surface area contributed by atoms with Crippen LogP contribution in [0.3, 0.4) is 0 Å². The Morgan fingerprint density at radius 3 is 2.55 bits per heavy atom. The highest BCUT2D eigenvalue weighted by atomic mass is 35.5. The van der Waals surface area contributed by atoms with E-state index in [1.54, 1.807) is 7.11 Å². The third-order valence-electron chi connectivity index (χ3n) is 4.76. The molecule has 0 saturated carbocycles. The number of ether oxygens (including phenoxy) is 1. The Balaban J connectivity index is 1.57. The third kappa shape index (κ3) is 5.09. The van der Waals surface area contributed by atoms with E-state index in [0.29, 0.717) is 10.9 Å². The van der Waals surface area contributed by atoms with Crippen molar-refractivity contribution in [1.29, 1.82) is 0 Å². The van der Waals surface area contributed by atoms with Gasteiger partial charge in [0.05, 0.1) is 40.2 Å². The van der Waals surface area contributed by atoms with E-state index in [1.807, 2.05) is 53.1 Å². The van der Waals surface area contributed by atoms with Crippen LogP contribution in [0.15, 0.2) is 71.9 Å². The number of carbonyl (C=O) groups excluding carboxylic acids is 1. The Morgan fingerprint density at radius 2 is 1.85 bits per heavy atom. The van der Waals surface area contributed by atoms with Crippen molar-refractivity contribution in [2.24, 2.45) is 0 Å². The van der Waals surface area contributed by atoms with Gasteiger partial charge in [0.1, 0.15) is 5.75 Å². The van der Waals surface area contributed by atoms with Crippen LogP contribution in [-0.2, 0) is 11.0 Å². The van der Waals surface area contributed by atoms with E-state index in [0.717, 1.165) is 46.7 Å². The van der Waals surface area contributed by atoms with Crippen LogP contribution < -0.4 is 10.1 Å². The molecular formula is C23H17ClF3N3O2S. The fraction of sp³-hybridized carbons (Fsp3) is 0.130. The number of thioether (sulfide) groups is 1. The lowest BCUT2D eigenvalue weighted by molar-refractivity contribution is -0.137. The molecule has 0 spiro atoms.